The Kier molecular flexibility index (Phi) is 5.87. The maximum absolute atomic E-state index is 13.7. The van der Waals surface area contributed by atoms with Crippen LogP contribution in [-0.2, 0) is 9.59 Å². The van der Waals surface area contributed by atoms with Gasteiger partial charge >= 0.3 is 6.36 Å². The number of rotatable bonds is 4. The van der Waals surface area contributed by atoms with Gasteiger partial charge < -0.3 is 9.84 Å². The molecule has 0 aliphatic carbocycles. The third-order valence-corrected chi connectivity index (χ3v) is 5.32. The molecule has 1 atom stereocenters. The van der Waals surface area contributed by atoms with Crippen LogP contribution in [0.1, 0.15) is 22.7 Å². The quantitative estimate of drug-likeness (QED) is 0.231. The Morgan fingerprint density at radius 1 is 0.971 bits per heavy atom. The summed E-state index contributed by atoms with van der Waals surface area (Å²) in [5.41, 5.74) is 0.458. The lowest BCUT2D eigenvalue weighted by molar-refractivity contribution is -0.274. The number of anilines is 1. The lowest BCUT2D eigenvalue weighted by atomic mass is 9.94. The molecule has 5 nitrogen and oxygen atoms in total. The van der Waals surface area contributed by atoms with E-state index >= 15 is 0 Å². The molecule has 9 heteroatoms. The van der Waals surface area contributed by atoms with Gasteiger partial charge in [-0.15, -0.1) is 13.2 Å². The van der Waals surface area contributed by atoms with Crippen LogP contribution in [0.4, 0.5) is 23.2 Å². The van der Waals surface area contributed by atoms with Crippen molar-refractivity contribution in [3.63, 3.8) is 0 Å². The summed E-state index contributed by atoms with van der Waals surface area (Å²) in [6.07, 6.45) is -4.95. The number of ketones is 1. The first-order valence-corrected chi connectivity index (χ1v) is 10.0. The number of nitrogens with zero attached hydrogens (tertiary/aromatic N) is 1. The fraction of sp³-hybridized carbons (Fsp3) is 0.120. The molecule has 0 aromatic heterocycles. The Hall–Kier alpha value is -4.14. The molecule has 1 saturated heterocycles. The van der Waals surface area contributed by atoms with E-state index in [1.165, 1.54) is 31.2 Å². The molecule has 0 radical (unpaired) electrons. The highest BCUT2D eigenvalue weighted by Crippen LogP contribution is 2.43. The molecule has 1 aliphatic heterocycles. The number of alkyl halides is 3. The van der Waals surface area contributed by atoms with Gasteiger partial charge in [0.1, 0.15) is 17.3 Å². The molecule has 3 aromatic carbocycles. The largest absolute Gasteiger partial charge is 0.573 e. The van der Waals surface area contributed by atoms with E-state index < -0.39 is 41.4 Å². The van der Waals surface area contributed by atoms with Crippen molar-refractivity contribution in [3.8, 4) is 5.75 Å². The van der Waals surface area contributed by atoms with Crippen LogP contribution in [0, 0.1) is 12.7 Å². The minimum absolute atomic E-state index is 0.0351. The lowest BCUT2D eigenvalue weighted by Crippen LogP contribution is -2.29. The smallest absolute Gasteiger partial charge is 0.507 e. The molecule has 0 spiro atoms. The van der Waals surface area contributed by atoms with Crippen molar-refractivity contribution in [2.45, 2.75) is 19.3 Å². The molecule has 0 bridgehead atoms. The third-order valence-electron chi connectivity index (χ3n) is 5.32. The second-order valence-corrected chi connectivity index (χ2v) is 7.59. The second kappa shape index (κ2) is 8.66. The Morgan fingerprint density at radius 3 is 2.32 bits per heavy atom. The van der Waals surface area contributed by atoms with Crippen LogP contribution in [0.5, 0.6) is 5.75 Å². The molecule has 1 unspecified atom stereocenters. The van der Waals surface area contributed by atoms with Crippen LogP contribution in [-0.4, -0.2) is 23.2 Å². The number of carbonyl (C=O) groups excluding carboxylic acids is 2. The highest BCUT2D eigenvalue weighted by Gasteiger charge is 2.47. The van der Waals surface area contributed by atoms with Crippen LogP contribution >= 0.6 is 0 Å². The van der Waals surface area contributed by atoms with Crippen molar-refractivity contribution in [1.82, 2.24) is 0 Å². The minimum Gasteiger partial charge on any atom is -0.507 e. The van der Waals surface area contributed by atoms with Gasteiger partial charge in [-0.3, -0.25) is 14.5 Å². The van der Waals surface area contributed by atoms with Gasteiger partial charge in [-0.2, -0.15) is 0 Å². The van der Waals surface area contributed by atoms with Gasteiger partial charge in [-0.1, -0.05) is 36.4 Å². The van der Waals surface area contributed by atoms with E-state index in [0.717, 1.165) is 23.1 Å². The topological polar surface area (TPSA) is 66.8 Å². The van der Waals surface area contributed by atoms with E-state index in [4.69, 9.17) is 0 Å². The number of hydrogen-bond acceptors (Lipinski definition) is 4. The van der Waals surface area contributed by atoms with Crippen molar-refractivity contribution >= 4 is 23.1 Å². The number of Topliss-reactive ketones (excluding diaryl/α,β-unsaturated/α-hetero) is 1. The van der Waals surface area contributed by atoms with Crippen LogP contribution < -0.4 is 9.64 Å². The van der Waals surface area contributed by atoms with E-state index in [0.29, 0.717) is 5.56 Å². The Balaban J connectivity index is 1.90. The van der Waals surface area contributed by atoms with E-state index in [1.807, 2.05) is 0 Å². The maximum atomic E-state index is 13.7. The summed E-state index contributed by atoms with van der Waals surface area (Å²) < 4.78 is 55.9. The number of aliphatic hydroxyl groups excluding tert-OH is 1. The SMILES string of the molecule is Cc1cc(/C(O)=C2\C(=O)C(=O)N(c3cccc(OC(F)(F)F)c3)C2c2ccccc2)ccc1F. The van der Waals surface area contributed by atoms with Crippen molar-refractivity contribution in [2.75, 3.05) is 4.90 Å². The van der Waals surface area contributed by atoms with Crippen molar-refractivity contribution in [2.24, 2.45) is 0 Å². The minimum atomic E-state index is -4.95. The molecule has 3 aromatic rings. The van der Waals surface area contributed by atoms with Gasteiger partial charge in [-0.05, 0) is 48.4 Å². The fourth-order valence-corrected chi connectivity index (χ4v) is 3.83. The lowest BCUT2D eigenvalue weighted by Gasteiger charge is -2.26. The number of carbonyl (C=O) groups is 2. The highest BCUT2D eigenvalue weighted by atomic mass is 19.4. The molecule has 4 rings (SSSR count). The maximum Gasteiger partial charge on any atom is 0.573 e. The zero-order valence-electron chi connectivity index (χ0n) is 17.6. The Bertz CT molecular complexity index is 1300. The molecule has 1 amide bonds. The Morgan fingerprint density at radius 2 is 1.68 bits per heavy atom. The standard InChI is InChI=1S/C25H17F4NO4/c1-14-12-16(10-11-19(14)26)22(31)20-21(15-6-3-2-4-7-15)30(24(33)23(20)32)17-8-5-9-18(13-17)34-25(27,28)29/h2-13,21,31H,1H3/b22-20+. The zero-order valence-corrected chi connectivity index (χ0v) is 17.6. The summed E-state index contributed by atoms with van der Waals surface area (Å²) >= 11 is 0. The van der Waals surface area contributed by atoms with Crippen LogP contribution in [0.25, 0.3) is 5.76 Å². The number of halogens is 4. The summed E-state index contributed by atoms with van der Waals surface area (Å²) in [6.45, 7) is 1.48. The number of benzene rings is 3. The summed E-state index contributed by atoms with van der Waals surface area (Å²) in [6, 6.07) is 15.5. The van der Waals surface area contributed by atoms with Gasteiger partial charge in [0.25, 0.3) is 11.7 Å². The highest BCUT2D eigenvalue weighted by molar-refractivity contribution is 6.51. The first kappa shape index (κ1) is 23.0. The molecular formula is C25H17F4NO4. The van der Waals surface area contributed by atoms with Crippen LogP contribution in [0.3, 0.4) is 0 Å². The summed E-state index contributed by atoms with van der Waals surface area (Å²) in [7, 11) is 0. The predicted octanol–water partition coefficient (Wildman–Crippen LogP) is 5.66. The average molecular weight is 471 g/mol. The first-order valence-electron chi connectivity index (χ1n) is 10.0. The number of aryl methyl sites for hydroxylation is 1. The molecule has 174 valence electrons. The van der Waals surface area contributed by atoms with E-state index in [2.05, 4.69) is 4.74 Å². The van der Waals surface area contributed by atoms with Gasteiger partial charge in [0.2, 0.25) is 0 Å². The van der Waals surface area contributed by atoms with E-state index in [1.54, 1.807) is 30.3 Å². The number of ether oxygens (including phenoxy) is 1. The average Bonchev–Trinajstić information content (AvgIpc) is 3.05. The van der Waals surface area contributed by atoms with Gasteiger partial charge in [0.05, 0.1) is 11.6 Å². The molecule has 1 fully saturated rings. The fourth-order valence-electron chi connectivity index (χ4n) is 3.83. The number of aliphatic hydroxyl groups is 1. The third kappa shape index (κ3) is 4.36. The van der Waals surface area contributed by atoms with Gasteiger partial charge in [0.15, 0.2) is 0 Å². The first-order chi connectivity index (χ1) is 16.1. The van der Waals surface area contributed by atoms with E-state index in [-0.39, 0.29) is 22.4 Å². The van der Waals surface area contributed by atoms with Crippen molar-refractivity contribution in [1.29, 1.82) is 0 Å². The monoisotopic (exact) mass is 471 g/mol. The normalized spacial score (nSPS) is 17.8. The molecule has 1 aliphatic rings. The molecule has 0 saturated carbocycles. The van der Waals surface area contributed by atoms with Gasteiger partial charge in [0, 0.05) is 17.3 Å². The summed E-state index contributed by atoms with van der Waals surface area (Å²) in [5, 5.41) is 11.0. The predicted molar refractivity (Wildman–Crippen MR) is 115 cm³/mol. The van der Waals surface area contributed by atoms with E-state index in [9.17, 15) is 32.3 Å². The second-order valence-electron chi connectivity index (χ2n) is 7.59. The molecule has 1 N–H and O–H groups in total. The zero-order chi connectivity index (χ0) is 24.6. The molecular weight excluding hydrogens is 454 g/mol. The van der Waals surface area contributed by atoms with Crippen molar-refractivity contribution < 1.29 is 37.0 Å². The summed E-state index contributed by atoms with van der Waals surface area (Å²) in [5.74, 6) is -3.69. The summed E-state index contributed by atoms with van der Waals surface area (Å²) in [4.78, 5) is 27.1. The Labute approximate surface area is 191 Å². The van der Waals surface area contributed by atoms with Crippen molar-refractivity contribution in [3.05, 3.63) is 101 Å². The van der Waals surface area contributed by atoms with Crippen LogP contribution in [0.2, 0.25) is 0 Å². The van der Waals surface area contributed by atoms with Gasteiger partial charge in [-0.25, -0.2) is 4.39 Å². The van der Waals surface area contributed by atoms with Crippen LogP contribution in [0.15, 0.2) is 78.4 Å². The molecule has 1 heterocycles. The number of hydrogen-bond donors (Lipinski definition) is 1. The number of amides is 1. The molecule has 34 heavy (non-hydrogen) atoms.